The number of hydrogen-bond acceptors (Lipinski definition) is 6. The molecule has 30 heavy (non-hydrogen) atoms. The van der Waals surface area contributed by atoms with Crippen LogP contribution in [0.2, 0.25) is 0 Å². The van der Waals surface area contributed by atoms with E-state index in [0.717, 1.165) is 25.3 Å². The molecule has 1 atom stereocenters. The minimum atomic E-state index is -0.631. The van der Waals surface area contributed by atoms with E-state index in [1.54, 1.807) is 29.2 Å². The predicted molar refractivity (Wildman–Crippen MR) is 114 cm³/mol. The third-order valence-electron chi connectivity index (χ3n) is 5.28. The van der Waals surface area contributed by atoms with Crippen molar-refractivity contribution in [1.82, 2.24) is 25.0 Å². The van der Waals surface area contributed by atoms with E-state index in [0.29, 0.717) is 17.9 Å². The third kappa shape index (κ3) is 4.84. The minimum Gasteiger partial charge on any atom is -0.390 e. The molecule has 8 heteroatoms. The van der Waals surface area contributed by atoms with Gasteiger partial charge in [-0.3, -0.25) is 14.4 Å². The fraction of sp³-hybridized carbons (Fsp3) is 0.318. The zero-order valence-corrected chi connectivity index (χ0v) is 17.0. The Morgan fingerprint density at radius 1 is 1.20 bits per heavy atom. The lowest BCUT2D eigenvalue weighted by Crippen LogP contribution is -2.42. The molecule has 0 aliphatic carbocycles. The summed E-state index contributed by atoms with van der Waals surface area (Å²) in [7, 11) is 1.82. The zero-order chi connectivity index (χ0) is 20.9. The number of carbonyl (C=O) groups excluding carboxylic acids is 1. The van der Waals surface area contributed by atoms with Crippen LogP contribution in [0.3, 0.4) is 0 Å². The summed E-state index contributed by atoms with van der Waals surface area (Å²) < 4.78 is 1.68. The second-order valence-electron chi connectivity index (χ2n) is 7.51. The summed E-state index contributed by atoms with van der Waals surface area (Å²) in [5.74, 6) is 1.09. The van der Waals surface area contributed by atoms with Crippen LogP contribution in [0.5, 0.6) is 0 Å². The predicted octanol–water partition coefficient (Wildman–Crippen LogP) is 1.71. The number of anilines is 2. The Bertz CT molecular complexity index is 1020. The SMILES string of the molecule is Cn1nccc1Nc1cc(C(=O)NC[C@H](O)CN2CCc3ccccc3C2)ccn1. The molecule has 1 aliphatic rings. The number of rotatable bonds is 7. The molecule has 0 saturated carbocycles. The van der Waals surface area contributed by atoms with Gasteiger partial charge in [-0.25, -0.2) is 4.98 Å². The molecule has 1 aromatic carbocycles. The largest absolute Gasteiger partial charge is 0.390 e. The highest BCUT2D eigenvalue weighted by atomic mass is 16.3. The normalized spacial score (nSPS) is 14.7. The number of benzene rings is 1. The molecular weight excluding hydrogens is 380 g/mol. The Morgan fingerprint density at radius 3 is 2.83 bits per heavy atom. The molecule has 3 N–H and O–H groups in total. The molecule has 0 bridgehead atoms. The van der Waals surface area contributed by atoms with Crippen molar-refractivity contribution in [1.29, 1.82) is 0 Å². The standard InChI is InChI=1S/C22H26N6O2/c1-27-21(7-10-25-27)26-20-12-17(6-9-23-20)22(30)24-13-19(29)15-28-11-8-16-4-2-3-5-18(16)14-28/h2-7,9-10,12,19,29H,8,11,13-15H2,1H3,(H,23,26)(H,24,30)/t19-/m0/s1. The average molecular weight is 406 g/mol. The number of aliphatic hydroxyl groups excluding tert-OH is 1. The maximum atomic E-state index is 12.5. The van der Waals surface area contributed by atoms with Gasteiger partial charge >= 0.3 is 0 Å². The Morgan fingerprint density at radius 2 is 2.03 bits per heavy atom. The van der Waals surface area contributed by atoms with Crippen LogP contribution in [0.1, 0.15) is 21.5 Å². The van der Waals surface area contributed by atoms with E-state index in [1.165, 1.54) is 11.1 Å². The lowest BCUT2D eigenvalue weighted by molar-refractivity contribution is 0.0842. The third-order valence-corrected chi connectivity index (χ3v) is 5.28. The molecule has 1 aliphatic heterocycles. The van der Waals surface area contributed by atoms with Crippen LogP contribution < -0.4 is 10.6 Å². The highest BCUT2D eigenvalue weighted by Gasteiger charge is 2.19. The van der Waals surface area contributed by atoms with Gasteiger partial charge in [0.05, 0.1) is 12.3 Å². The van der Waals surface area contributed by atoms with Crippen LogP contribution in [-0.2, 0) is 20.0 Å². The summed E-state index contributed by atoms with van der Waals surface area (Å²) >= 11 is 0. The maximum Gasteiger partial charge on any atom is 0.251 e. The topological polar surface area (TPSA) is 95.3 Å². The quantitative estimate of drug-likeness (QED) is 0.553. The van der Waals surface area contributed by atoms with Gasteiger partial charge in [-0.1, -0.05) is 24.3 Å². The van der Waals surface area contributed by atoms with Crippen LogP contribution in [-0.4, -0.2) is 56.4 Å². The fourth-order valence-electron chi connectivity index (χ4n) is 3.65. The van der Waals surface area contributed by atoms with Crippen molar-refractivity contribution in [2.45, 2.75) is 19.1 Å². The number of aliphatic hydroxyl groups is 1. The maximum absolute atomic E-state index is 12.5. The van der Waals surface area contributed by atoms with Gasteiger partial charge in [-0.15, -0.1) is 0 Å². The Labute approximate surface area is 175 Å². The van der Waals surface area contributed by atoms with E-state index in [-0.39, 0.29) is 12.5 Å². The number of aromatic nitrogens is 3. The van der Waals surface area contributed by atoms with E-state index < -0.39 is 6.10 Å². The number of nitrogens with one attached hydrogen (secondary N) is 2. The van der Waals surface area contributed by atoms with Gasteiger partial charge in [0.2, 0.25) is 0 Å². The molecule has 8 nitrogen and oxygen atoms in total. The second-order valence-corrected chi connectivity index (χ2v) is 7.51. The van der Waals surface area contributed by atoms with Crippen molar-refractivity contribution in [2.24, 2.45) is 7.05 Å². The molecule has 0 radical (unpaired) electrons. The summed E-state index contributed by atoms with van der Waals surface area (Å²) in [5, 5.41) is 20.4. The zero-order valence-electron chi connectivity index (χ0n) is 17.0. The van der Waals surface area contributed by atoms with Crippen LogP contribution in [0.4, 0.5) is 11.6 Å². The summed E-state index contributed by atoms with van der Waals surface area (Å²) in [4.78, 5) is 19.0. The van der Waals surface area contributed by atoms with Crippen LogP contribution >= 0.6 is 0 Å². The highest BCUT2D eigenvalue weighted by molar-refractivity contribution is 5.94. The summed E-state index contributed by atoms with van der Waals surface area (Å²) in [5.41, 5.74) is 3.17. The Hall–Kier alpha value is -3.23. The van der Waals surface area contributed by atoms with Crippen molar-refractivity contribution < 1.29 is 9.90 Å². The first-order valence-corrected chi connectivity index (χ1v) is 10.0. The van der Waals surface area contributed by atoms with Gasteiger partial charge in [0, 0.05) is 51.1 Å². The molecule has 3 heterocycles. The second kappa shape index (κ2) is 9.06. The van der Waals surface area contributed by atoms with E-state index in [9.17, 15) is 9.90 Å². The van der Waals surface area contributed by atoms with Crippen LogP contribution in [0, 0.1) is 0 Å². The van der Waals surface area contributed by atoms with Crippen molar-refractivity contribution in [2.75, 3.05) is 25.0 Å². The molecule has 4 rings (SSSR count). The van der Waals surface area contributed by atoms with Crippen molar-refractivity contribution >= 4 is 17.5 Å². The fourth-order valence-corrected chi connectivity index (χ4v) is 3.65. The number of hydrogen-bond donors (Lipinski definition) is 3. The van der Waals surface area contributed by atoms with E-state index in [2.05, 4.69) is 43.8 Å². The van der Waals surface area contributed by atoms with E-state index in [4.69, 9.17) is 0 Å². The van der Waals surface area contributed by atoms with E-state index in [1.807, 2.05) is 19.2 Å². The van der Waals surface area contributed by atoms with Crippen molar-refractivity contribution in [3.8, 4) is 0 Å². The van der Waals surface area contributed by atoms with Gasteiger partial charge in [0.25, 0.3) is 5.91 Å². The molecule has 2 aromatic heterocycles. The number of nitrogens with zero attached hydrogens (tertiary/aromatic N) is 4. The van der Waals surface area contributed by atoms with E-state index >= 15 is 0 Å². The number of aryl methyl sites for hydroxylation is 1. The number of pyridine rings is 1. The average Bonchev–Trinajstić information content (AvgIpc) is 3.16. The lowest BCUT2D eigenvalue weighted by Gasteiger charge is -2.30. The van der Waals surface area contributed by atoms with Gasteiger partial charge < -0.3 is 15.7 Å². The first-order chi connectivity index (χ1) is 14.6. The molecule has 1 amide bonds. The van der Waals surface area contributed by atoms with Gasteiger partial charge in [-0.2, -0.15) is 5.10 Å². The number of fused-ring (bicyclic) bond motifs is 1. The highest BCUT2D eigenvalue weighted by Crippen LogP contribution is 2.18. The Kier molecular flexibility index (Phi) is 6.06. The molecule has 0 unspecified atom stereocenters. The molecule has 156 valence electrons. The lowest BCUT2D eigenvalue weighted by atomic mass is 10.00. The molecule has 0 spiro atoms. The smallest absolute Gasteiger partial charge is 0.251 e. The number of amides is 1. The molecule has 3 aromatic rings. The number of carbonyl (C=O) groups is 1. The minimum absolute atomic E-state index is 0.198. The van der Waals surface area contributed by atoms with Crippen LogP contribution in [0.15, 0.2) is 54.9 Å². The summed E-state index contributed by atoms with van der Waals surface area (Å²) in [6.07, 6.45) is 3.61. The van der Waals surface area contributed by atoms with Gasteiger partial charge in [0.15, 0.2) is 0 Å². The first kappa shape index (κ1) is 20.1. The molecular formula is C22H26N6O2. The van der Waals surface area contributed by atoms with Gasteiger partial charge in [-0.05, 0) is 29.7 Å². The molecule has 0 fully saturated rings. The Balaban J connectivity index is 1.28. The number of β-amino-alcohol motifs (C(OH)–C–C–N with tert-alkyl or cyclic N) is 1. The monoisotopic (exact) mass is 406 g/mol. The summed E-state index contributed by atoms with van der Waals surface area (Å²) in [6, 6.07) is 13.6. The molecule has 0 saturated heterocycles. The summed E-state index contributed by atoms with van der Waals surface area (Å²) in [6.45, 7) is 2.46. The van der Waals surface area contributed by atoms with Gasteiger partial charge in [0.1, 0.15) is 11.6 Å². The van der Waals surface area contributed by atoms with Crippen molar-refractivity contribution in [3.05, 3.63) is 71.5 Å². The van der Waals surface area contributed by atoms with Crippen molar-refractivity contribution in [3.63, 3.8) is 0 Å². The van der Waals surface area contributed by atoms with Crippen LogP contribution in [0.25, 0.3) is 0 Å². The first-order valence-electron chi connectivity index (χ1n) is 10.0.